The van der Waals surface area contributed by atoms with Crippen molar-refractivity contribution in [3.63, 3.8) is 0 Å². The Morgan fingerprint density at radius 3 is 2.75 bits per heavy atom. The number of halogens is 1. The minimum atomic E-state index is -0.357. The van der Waals surface area contributed by atoms with E-state index < -0.39 is 0 Å². The average molecular weight is 276 g/mol. The highest BCUT2D eigenvalue weighted by molar-refractivity contribution is 5.69. The van der Waals surface area contributed by atoms with Crippen molar-refractivity contribution in [2.45, 2.75) is 26.8 Å². The van der Waals surface area contributed by atoms with Gasteiger partial charge in [0.2, 0.25) is 0 Å². The largest absolute Gasteiger partial charge is 0.468 e. The fourth-order valence-electron chi connectivity index (χ4n) is 1.96. The molecule has 0 radical (unpaired) electrons. The summed E-state index contributed by atoms with van der Waals surface area (Å²) in [4.78, 5) is 11.4. The van der Waals surface area contributed by atoms with Crippen molar-refractivity contribution in [3.05, 3.63) is 41.3 Å². The monoisotopic (exact) mass is 276 g/mol. The first-order chi connectivity index (χ1) is 9.55. The molecule has 0 saturated heterocycles. The second-order valence-electron chi connectivity index (χ2n) is 4.57. The van der Waals surface area contributed by atoms with Crippen LogP contribution >= 0.6 is 0 Å². The molecule has 0 aliphatic carbocycles. The number of methoxy groups -OCH3 is 1. The third kappa shape index (κ3) is 2.87. The smallest absolute Gasteiger partial charge is 0.327 e. The molecule has 0 bridgehead atoms. The maximum Gasteiger partial charge on any atom is 0.327 e. The van der Waals surface area contributed by atoms with Crippen molar-refractivity contribution in [3.8, 4) is 11.3 Å². The topological polar surface area (TPSA) is 44.1 Å². The van der Waals surface area contributed by atoms with Gasteiger partial charge in [0.25, 0.3) is 0 Å². The summed E-state index contributed by atoms with van der Waals surface area (Å²) in [6.07, 6.45) is 0.734. The number of carbonyl (C=O) groups is 1. The van der Waals surface area contributed by atoms with E-state index in [-0.39, 0.29) is 18.3 Å². The number of carbonyl (C=O) groups excluding carboxylic acids is 1. The van der Waals surface area contributed by atoms with Gasteiger partial charge in [-0.25, -0.2) is 4.39 Å². The first-order valence-electron chi connectivity index (χ1n) is 6.45. The molecule has 106 valence electrons. The Hall–Kier alpha value is -2.17. The lowest BCUT2D eigenvalue weighted by atomic mass is 10.1. The van der Waals surface area contributed by atoms with Gasteiger partial charge in [-0.05, 0) is 31.0 Å². The Morgan fingerprint density at radius 1 is 1.40 bits per heavy atom. The molecule has 0 amide bonds. The van der Waals surface area contributed by atoms with Gasteiger partial charge >= 0.3 is 5.97 Å². The second-order valence-corrected chi connectivity index (χ2v) is 4.57. The second kappa shape index (κ2) is 5.86. The predicted molar refractivity (Wildman–Crippen MR) is 73.8 cm³/mol. The van der Waals surface area contributed by atoms with E-state index in [0.29, 0.717) is 16.8 Å². The summed E-state index contributed by atoms with van der Waals surface area (Å²) in [5.41, 5.74) is 2.86. The number of aryl methyl sites for hydroxylation is 2. The number of rotatable bonds is 4. The molecule has 0 aliphatic rings. The maximum atomic E-state index is 13.6. The summed E-state index contributed by atoms with van der Waals surface area (Å²) >= 11 is 0. The highest BCUT2D eigenvalue weighted by Crippen LogP contribution is 2.22. The van der Waals surface area contributed by atoms with Crippen LogP contribution in [0.2, 0.25) is 0 Å². The molecule has 5 heteroatoms. The highest BCUT2D eigenvalue weighted by Gasteiger charge is 2.12. The van der Waals surface area contributed by atoms with Crippen molar-refractivity contribution in [1.82, 2.24) is 9.78 Å². The molecule has 0 N–H and O–H groups in total. The molecule has 1 aromatic heterocycles. The first-order valence-corrected chi connectivity index (χ1v) is 6.45. The summed E-state index contributed by atoms with van der Waals surface area (Å²) in [6.45, 7) is 3.75. The van der Waals surface area contributed by atoms with Gasteiger partial charge in [0.05, 0.1) is 12.8 Å². The van der Waals surface area contributed by atoms with E-state index in [4.69, 9.17) is 0 Å². The van der Waals surface area contributed by atoms with E-state index in [9.17, 15) is 9.18 Å². The van der Waals surface area contributed by atoms with Crippen LogP contribution in [0, 0.1) is 12.7 Å². The van der Waals surface area contributed by atoms with Crippen LogP contribution in [0.5, 0.6) is 0 Å². The van der Waals surface area contributed by atoms with E-state index in [1.54, 1.807) is 17.7 Å². The van der Waals surface area contributed by atoms with Crippen molar-refractivity contribution < 1.29 is 13.9 Å². The van der Waals surface area contributed by atoms with Gasteiger partial charge in [-0.15, -0.1) is 0 Å². The molecule has 2 rings (SSSR count). The van der Waals surface area contributed by atoms with Crippen LogP contribution in [0.3, 0.4) is 0 Å². The quantitative estimate of drug-likeness (QED) is 0.806. The Kier molecular flexibility index (Phi) is 4.17. The van der Waals surface area contributed by atoms with E-state index in [2.05, 4.69) is 9.84 Å². The van der Waals surface area contributed by atoms with Crippen LogP contribution in [0.1, 0.15) is 18.2 Å². The van der Waals surface area contributed by atoms with Crippen LogP contribution in [-0.4, -0.2) is 22.9 Å². The average Bonchev–Trinajstić information content (AvgIpc) is 2.84. The summed E-state index contributed by atoms with van der Waals surface area (Å²) in [5, 5.41) is 4.36. The predicted octanol–water partition coefficient (Wildman–Crippen LogP) is 2.73. The standard InChI is InChI=1S/C15H17FN2O2/c1-4-12-8-14(17-18(12)9-15(19)20-3)11-6-5-10(2)13(16)7-11/h5-8H,4,9H2,1-3H3. The Bertz CT molecular complexity index is 635. The zero-order chi connectivity index (χ0) is 14.7. The van der Waals surface area contributed by atoms with Gasteiger partial charge in [0.15, 0.2) is 0 Å². The lowest BCUT2D eigenvalue weighted by Gasteiger charge is -2.03. The number of aromatic nitrogens is 2. The number of esters is 1. The highest BCUT2D eigenvalue weighted by atomic mass is 19.1. The molecule has 2 aromatic rings. The molecule has 0 aliphatic heterocycles. The van der Waals surface area contributed by atoms with Crippen LogP contribution < -0.4 is 0 Å². The summed E-state index contributed by atoms with van der Waals surface area (Å²) in [6, 6.07) is 6.87. The van der Waals surface area contributed by atoms with Gasteiger partial charge in [-0.1, -0.05) is 19.1 Å². The van der Waals surface area contributed by atoms with Crippen LogP contribution in [-0.2, 0) is 22.5 Å². The zero-order valence-electron chi connectivity index (χ0n) is 11.8. The molecule has 1 heterocycles. The molecule has 20 heavy (non-hydrogen) atoms. The van der Waals surface area contributed by atoms with Gasteiger partial charge in [-0.2, -0.15) is 5.10 Å². The third-order valence-corrected chi connectivity index (χ3v) is 3.20. The Labute approximate surface area is 117 Å². The molecule has 0 unspecified atom stereocenters. The lowest BCUT2D eigenvalue weighted by Crippen LogP contribution is -2.14. The number of ether oxygens (including phenoxy) is 1. The first kappa shape index (κ1) is 14.2. The lowest BCUT2D eigenvalue weighted by molar-refractivity contribution is -0.141. The molecule has 0 fully saturated rings. The van der Waals surface area contributed by atoms with E-state index >= 15 is 0 Å². The van der Waals surface area contributed by atoms with Crippen LogP contribution in [0.15, 0.2) is 24.3 Å². The van der Waals surface area contributed by atoms with Crippen LogP contribution in [0.25, 0.3) is 11.3 Å². The summed E-state index contributed by atoms with van der Waals surface area (Å²) in [7, 11) is 1.34. The maximum absolute atomic E-state index is 13.6. The van der Waals surface area contributed by atoms with Crippen molar-refractivity contribution >= 4 is 5.97 Å². The SMILES string of the molecule is CCc1cc(-c2ccc(C)c(F)c2)nn1CC(=O)OC. The van der Waals surface area contributed by atoms with Gasteiger partial charge < -0.3 is 4.74 Å². The third-order valence-electron chi connectivity index (χ3n) is 3.20. The summed E-state index contributed by atoms with van der Waals surface area (Å²) < 4.78 is 19.8. The van der Waals surface area contributed by atoms with Gasteiger partial charge in [0, 0.05) is 11.3 Å². The zero-order valence-corrected chi connectivity index (χ0v) is 11.8. The van der Waals surface area contributed by atoms with Crippen molar-refractivity contribution in [2.24, 2.45) is 0 Å². The number of nitrogens with zero attached hydrogens (tertiary/aromatic N) is 2. The minimum absolute atomic E-state index is 0.0635. The molecule has 0 spiro atoms. The number of benzene rings is 1. The normalized spacial score (nSPS) is 10.6. The van der Waals surface area contributed by atoms with Crippen LogP contribution in [0.4, 0.5) is 4.39 Å². The van der Waals surface area contributed by atoms with E-state index in [1.807, 2.05) is 19.1 Å². The fourth-order valence-corrected chi connectivity index (χ4v) is 1.96. The molecular weight excluding hydrogens is 259 g/mol. The number of hydrogen-bond acceptors (Lipinski definition) is 3. The Balaban J connectivity index is 2.37. The van der Waals surface area contributed by atoms with Crippen molar-refractivity contribution in [2.75, 3.05) is 7.11 Å². The van der Waals surface area contributed by atoms with Gasteiger partial charge in [0.1, 0.15) is 12.4 Å². The summed E-state index contributed by atoms with van der Waals surface area (Å²) in [5.74, 6) is -0.618. The molecule has 0 saturated carbocycles. The molecular formula is C15H17FN2O2. The molecule has 1 aromatic carbocycles. The van der Waals surface area contributed by atoms with E-state index in [0.717, 1.165) is 12.1 Å². The Morgan fingerprint density at radius 2 is 2.15 bits per heavy atom. The van der Waals surface area contributed by atoms with Gasteiger partial charge in [-0.3, -0.25) is 9.48 Å². The molecule has 0 atom stereocenters. The minimum Gasteiger partial charge on any atom is -0.468 e. The fraction of sp³-hybridized carbons (Fsp3) is 0.333. The van der Waals surface area contributed by atoms with Crippen molar-refractivity contribution in [1.29, 1.82) is 0 Å². The number of hydrogen-bond donors (Lipinski definition) is 0. The van der Waals surface area contributed by atoms with E-state index in [1.165, 1.54) is 13.2 Å². The molecule has 4 nitrogen and oxygen atoms in total.